The first-order valence-corrected chi connectivity index (χ1v) is 11.7. The second-order valence-electron chi connectivity index (χ2n) is 8.70. The van der Waals surface area contributed by atoms with Gasteiger partial charge in [0.15, 0.2) is 17.3 Å². The van der Waals surface area contributed by atoms with E-state index in [2.05, 4.69) is 25.3 Å². The topological polar surface area (TPSA) is 105 Å². The van der Waals surface area contributed by atoms with Crippen molar-refractivity contribution >= 4 is 33.6 Å². The van der Waals surface area contributed by atoms with Gasteiger partial charge in [-0.05, 0) is 55.7 Å². The minimum Gasteiger partial charge on any atom is -0.358 e. The zero-order valence-electron chi connectivity index (χ0n) is 19.3. The molecule has 2 aromatic carbocycles. The molecule has 0 amide bonds. The Kier molecular flexibility index (Phi) is 5.32. The fourth-order valence-corrected chi connectivity index (χ4v) is 4.42. The molecule has 0 saturated heterocycles. The van der Waals surface area contributed by atoms with E-state index in [1.165, 1.54) is 41.6 Å². The van der Waals surface area contributed by atoms with E-state index in [9.17, 15) is 13.6 Å². The molecule has 9 nitrogen and oxygen atoms in total. The van der Waals surface area contributed by atoms with Crippen molar-refractivity contribution in [2.75, 3.05) is 10.3 Å². The monoisotopic (exact) mass is 488 g/mol. The Morgan fingerprint density at radius 2 is 1.94 bits per heavy atom. The van der Waals surface area contributed by atoms with Gasteiger partial charge in [-0.1, -0.05) is 13.0 Å². The van der Waals surface area contributed by atoms with Crippen LogP contribution in [-0.2, 0) is 0 Å². The summed E-state index contributed by atoms with van der Waals surface area (Å²) in [5.41, 5.74) is 1.47. The highest BCUT2D eigenvalue weighted by molar-refractivity contribution is 5.82. The molecule has 0 spiro atoms. The van der Waals surface area contributed by atoms with Gasteiger partial charge < -0.3 is 10.3 Å². The van der Waals surface area contributed by atoms with Gasteiger partial charge in [0.25, 0.3) is 5.56 Å². The number of anilines is 2. The number of imidazole rings is 1. The number of fused-ring (bicyclic) bond motifs is 2. The van der Waals surface area contributed by atoms with E-state index in [0.717, 1.165) is 12.8 Å². The van der Waals surface area contributed by atoms with Crippen molar-refractivity contribution < 1.29 is 8.78 Å². The molecular formula is C25H22F2N8O. The number of aromatic nitrogens is 6. The van der Waals surface area contributed by atoms with Crippen LogP contribution in [0.1, 0.15) is 38.1 Å². The summed E-state index contributed by atoms with van der Waals surface area (Å²) < 4.78 is 30.1. The van der Waals surface area contributed by atoms with Crippen LogP contribution in [0.25, 0.3) is 22.1 Å². The summed E-state index contributed by atoms with van der Waals surface area (Å²) in [5, 5.41) is 5.07. The van der Waals surface area contributed by atoms with E-state index >= 15 is 0 Å². The van der Waals surface area contributed by atoms with Crippen LogP contribution >= 0.6 is 0 Å². The van der Waals surface area contributed by atoms with E-state index in [0.29, 0.717) is 34.9 Å². The molecule has 6 rings (SSSR count). The molecule has 36 heavy (non-hydrogen) atoms. The van der Waals surface area contributed by atoms with Crippen LogP contribution in [0, 0.1) is 11.6 Å². The van der Waals surface area contributed by atoms with Crippen LogP contribution in [0.4, 0.5) is 20.3 Å². The van der Waals surface area contributed by atoms with Crippen LogP contribution in [0.2, 0.25) is 0 Å². The largest absolute Gasteiger partial charge is 0.358 e. The predicted octanol–water partition coefficient (Wildman–Crippen LogP) is 4.34. The second kappa shape index (κ2) is 8.67. The lowest BCUT2D eigenvalue weighted by Crippen LogP contribution is -2.44. The summed E-state index contributed by atoms with van der Waals surface area (Å²) in [4.78, 5) is 34.4. The lowest BCUT2D eigenvalue weighted by molar-refractivity contribution is 0.559. The number of halogens is 2. The third kappa shape index (κ3) is 3.72. The fourth-order valence-electron chi connectivity index (χ4n) is 4.42. The van der Waals surface area contributed by atoms with Crippen molar-refractivity contribution in [1.29, 1.82) is 0 Å². The molecule has 1 aliphatic rings. The molecule has 0 radical (unpaired) electrons. The van der Waals surface area contributed by atoms with E-state index in [1.54, 1.807) is 23.2 Å². The maximum atomic E-state index is 14.9. The number of H-pyrrole nitrogens is 1. The Morgan fingerprint density at radius 1 is 1.14 bits per heavy atom. The van der Waals surface area contributed by atoms with Gasteiger partial charge in [0, 0.05) is 0 Å². The van der Waals surface area contributed by atoms with E-state index < -0.39 is 17.4 Å². The average Bonchev–Trinajstić information content (AvgIpc) is 3.60. The Hall–Kier alpha value is -4.41. The summed E-state index contributed by atoms with van der Waals surface area (Å²) in [6, 6.07) is 9.83. The van der Waals surface area contributed by atoms with Crippen molar-refractivity contribution in [1.82, 2.24) is 29.6 Å². The summed E-state index contributed by atoms with van der Waals surface area (Å²) >= 11 is 0. The van der Waals surface area contributed by atoms with Crippen LogP contribution in [-0.4, -0.2) is 35.6 Å². The highest BCUT2D eigenvalue weighted by Gasteiger charge is 2.35. The molecule has 1 saturated carbocycles. The van der Waals surface area contributed by atoms with E-state index in [4.69, 9.17) is 4.98 Å². The van der Waals surface area contributed by atoms with Gasteiger partial charge in [0.1, 0.15) is 28.9 Å². The quantitative estimate of drug-likeness (QED) is 0.351. The Morgan fingerprint density at radius 3 is 2.69 bits per heavy atom. The lowest BCUT2D eigenvalue weighted by atomic mass is 10.1. The fraction of sp³-hybridized carbons (Fsp3) is 0.240. The number of hydrogen-bond donors (Lipinski definition) is 2. The SMILES string of the molecule is CC[C@H](Nc1ncnc2nc[nH]c12)c1nc2cccc(F)c2c(=O)n1N(c1ccc(F)cc1)C1CC1. The molecule has 0 bridgehead atoms. The first-order chi connectivity index (χ1) is 17.5. The maximum Gasteiger partial charge on any atom is 0.283 e. The average molecular weight is 489 g/mol. The Labute approximate surface area is 203 Å². The molecule has 0 unspecified atom stereocenters. The smallest absolute Gasteiger partial charge is 0.283 e. The summed E-state index contributed by atoms with van der Waals surface area (Å²) in [6.45, 7) is 1.95. The van der Waals surface area contributed by atoms with Crippen molar-refractivity contribution in [3.05, 3.63) is 82.9 Å². The van der Waals surface area contributed by atoms with Gasteiger partial charge >= 0.3 is 0 Å². The second-order valence-corrected chi connectivity index (χ2v) is 8.70. The Balaban J connectivity index is 1.57. The van der Waals surface area contributed by atoms with Gasteiger partial charge in [-0.25, -0.2) is 28.7 Å². The van der Waals surface area contributed by atoms with E-state index in [1.807, 2.05) is 6.92 Å². The molecule has 2 N–H and O–H groups in total. The summed E-state index contributed by atoms with van der Waals surface area (Å²) in [5.74, 6) is -0.131. The third-order valence-electron chi connectivity index (χ3n) is 6.30. The first-order valence-electron chi connectivity index (χ1n) is 11.7. The minimum absolute atomic E-state index is 0.00574. The zero-order valence-corrected chi connectivity index (χ0v) is 19.3. The van der Waals surface area contributed by atoms with Gasteiger partial charge in [-0.2, -0.15) is 4.68 Å². The number of aromatic amines is 1. The number of rotatable bonds is 7. The van der Waals surface area contributed by atoms with E-state index in [-0.39, 0.29) is 22.8 Å². The van der Waals surface area contributed by atoms with Crippen molar-refractivity contribution in [2.45, 2.75) is 38.3 Å². The molecule has 3 aromatic heterocycles. The number of hydrogen-bond acceptors (Lipinski definition) is 7. The number of nitrogens with zero attached hydrogens (tertiary/aromatic N) is 6. The standard InChI is InChI=1S/C25H22F2N8O/c1-2-18(32-23-21-22(29-12-28-21)30-13-31-23)24-33-19-5-3-4-17(27)20(19)25(36)35(24)34(16-10-11-16)15-8-6-14(26)7-9-15/h3-9,12-13,16,18H,2,10-11H2,1H3,(H2,28,29,30,31,32)/t18-/m0/s1. The molecular weight excluding hydrogens is 466 g/mol. The van der Waals surface area contributed by atoms with Crippen LogP contribution in [0.15, 0.2) is 59.9 Å². The Bertz CT molecular complexity index is 1630. The first kappa shape index (κ1) is 22.1. The van der Waals surface area contributed by atoms with Gasteiger partial charge in [-0.15, -0.1) is 0 Å². The van der Waals surface area contributed by atoms with Crippen molar-refractivity contribution in [3.8, 4) is 0 Å². The summed E-state index contributed by atoms with van der Waals surface area (Å²) in [6.07, 6.45) is 5.15. The zero-order chi connectivity index (χ0) is 24.8. The summed E-state index contributed by atoms with van der Waals surface area (Å²) in [7, 11) is 0. The minimum atomic E-state index is -0.642. The lowest BCUT2D eigenvalue weighted by Gasteiger charge is -2.31. The molecule has 0 aliphatic heterocycles. The maximum absolute atomic E-state index is 14.9. The molecule has 1 aliphatic carbocycles. The number of nitrogens with one attached hydrogen (secondary N) is 2. The van der Waals surface area contributed by atoms with Crippen molar-refractivity contribution in [2.24, 2.45) is 0 Å². The highest BCUT2D eigenvalue weighted by atomic mass is 19.1. The molecule has 3 heterocycles. The third-order valence-corrected chi connectivity index (χ3v) is 6.30. The van der Waals surface area contributed by atoms with Crippen LogP contribution in [0.3, 0.4) is 0 Å². The highest BCUT2D eigenvalue weighted by Crippen LogP contribution is 2.34. The van der Waals surface area contributed by atoms with Crippen LogP contribution in [0.5, 0.6) is 0 Å². The predicted molar refractivity (Wildman–Crippen MR) is 132 cm³/mol. The normalized spacial score (nSPS) is 14.3. The molecule has 11 heteroatoms. The van der Waals surface area contributed by atoms with Gasteiger partial charge in [0.05, 0.1) is 29.6 Å². The molecule has 5 aromatic rings. The van der Waals surface area contributed by atoms with Gasteiger partial charge in [-0.3, -0.25) is 9.80 Å². The molecule has 182 valence electrons. The van der Waals surface area contributed by atoms with Crippen molar-refractivity contribution in [3.63, 3.8) is 0 Å². The molecule has 1 fully saturated rings. The molecule has 1 atom stereocenters. The van der Waals surface area contributed by atoms with Gasteiger partial charge in [0.2, 0.25) is 0 Å². The van der Waals surface area contributed by atoms with Crippen LogP contribution < -0.4 is 15.9 Å². The number of benzene rings is 2.